The Hall–Kier alpha value is -1.28. The Labute approximate surface area is 130 Å². The van der Waals surface area contributed by atoms with Crippen LogP contribution in [0.25, 0.3) is 0 Å². The van der Waals surface area contributed by atoms with Crippen LogP contribution in [0.15, 0.2) is 35.7 Å². The van der Waals surface area contributed by atoms with Crippen molar-refractivity contribution in [2.75, 3.05) is 12.9 Å². The zero-order valence-electron chi connectivity index (χ0n) is 11.5. The summed E-state index contributed by atoms with van der Waals surface area (Å²) in [5, 5.41) is 14.8. The fourth-order valence-corrected chi connectivity index (χ4v) is 2.29. The molecule has 2 rings (SSSR count). The Morgan fingerprint density at radius 3 is 2.90 bits per heavy atom. The summed E-state index contributed by atoms with van der Waals surface area (Å²) in [6, 6.07) is 7.39. The zero-order chi connectivity index (χ0) is 15.2. The molecule has 6 nitrogen and oxygen atoms in total. The third-order valence-electron chi connectivity index (χ3n) is 2.70. The van der Waals surface area contributed by atoms with Crippen molar-refractivity contribution in [2.45, 2.75) is 24.4 Å². The Morgan fingerprint density at radius 2 is 2.24 bits per heavy atom. The van der Waals surface area contributed by atoms with Gasteiger partial charge < -0.3 is 9.84 Å². The van der Waals surface area contributed by atoms with Gasteiger partial charge in [-0.15, -0.1) is 5.10 Å². The summed E-state index contributed by atoms with van der Waals surface area (Å²) >= 11 is 6.01. The molecule has 0 aliphatic rings. The van der Waals surface area contributed by atoms with Gasteiger partial charge in [-0.1, -0.05) is 29.8 Å². The van der Waals surface area contributed by atoms with Gasteiger partial charge >= 0.3 is 0 Å². The minimum absolute atomic E-state index is 0.148. The lowest BCUT2D eigenvalue weighted by Gasteiger charge is -2.11. The number of aliphatic hydroxyl groups is 1. The van der Waals surface area contributed by atoms with Gasteiger partial charge in [-0.3, -0.25) is 4.21 Å². The maximum Gasteiger partial charge on any atom is 0.238 e. The number of aliphatic hydroxyl groups excluding tert-OH is 1. The number of rotatable bonds is 7. The number of ether oxygens (including phenoxy) is 1. The molecule has 2 aromatic rings. The average Bonchev–Trinajstić information content (AvgIpc) is 2.89. The first kappa shape index (κ1) is 16.1. The number of halogens is 1. The molecule has 1 aromatic carbocycles. The first-order chi connectivity index (χ1) is 10.1. The van der Waals surface area contributed by atoms with E-state index in [-0.39, 0.29) is 18.3 Å². The van der Waals surface area contributed by atoms with E-state index in [1.54, 1.807) is 6.07 Å². The molecule has 114 valence electrons. The van der Waals surface area contributed by atoms with Crippen molar-refractivity contribution >= 4 is 22.4 Å². The fraction of sp³-hybridized carbons (Fsp3) is 0.385. The van der Waals surface area contributed by atoms with Crippen molar-refractivity contribution in [3.63, 3.8) is 0 Å². The van der Waals surface area contributed by atoms with Crippen molar-refractivity contribution in [3.05, 3.63) is 41.2 Å². The smallest absolute Gasteiger partial charge is 0.238 e. The van der Waals surface area contributed by atoms with Crippen LogP contribution in [0.3, 0.4) is 0 Å². The molecule has 0 bridgehead atoms. The molecule has 0 amide bonds. The highest BCUT2D eigenvalue weighted by Gasteiger charge is 2.10. The van der Waals surface area contributed by atoms with Gasteiger partial charge in [-0.05, 0) is 11.6 Å². The summed E-state index contributed by atoms with van der Waals surface area (Å²) in [6.07, 6.45) is 2.21. The van der Waals surface area contributed by atoms with E-state index in [1.807, 2.05) is 18.2 Å². The highest BCUT2D eigenvalue weighted by molar-refractivity contribution is 7.84. The monoisotopic (exact) mass is 329 g/mol. The summed E-state index contributed by atoms with van der Waals surface area (Å²) in [6.45, 7) is 0.709. The number of hydrogen-bond acceptors (Lipinski definition) is 5. The minimum Gasteiger partial charge on any atom is -0.389 e. The quantitative estimate of drug-likeness (QED) is 0.827. The number of benzene rings is 1. The standard InChI is InChI=1S/C13H16ClN3O3S/c1-21(19)13-15-9-17(16-13)6-11(18)8-20-7-10-4-2-3-5-12(10)14/h2-5,9,11,18H,6-8H2,1H3/t11-,21+/m0/s1. The second-order valence-corrected chi connectivity index (χ2v) is 6.14. The second-order valence-electron chi connectivity index (χ2n) is 4.46. The number of hydrogen-bond donors (Lipinski definition) is 1. The van der Waals surface area contributed by atoms with Gasteiger partial charge in [0.25, 0.3) is 0 Å². The van der Waals surface area contributed by atoms with Gasteiger partial charge in [0, 0.05) is 11.3 Å². The van der Waals surface area contributed by atoms with Crippen molar-refractivity contribution < 1.29 is 14.1 Å². The third kappa shape index (κ3) is 4.89. The van der Waals surface area contributed by atoms with E-state index >= 15 is 0 Å². The molecular formula is C13H16ClN3O3S. The molecule has 0 saturated heterocycles. The van der Waals surface area contributed by atoms with Crippen LogP contribution in [-0.4, -0.2) is 43.0 Å². The van der Waals surface area contributed by atoms with Crippen LogP contribution in [0.1, 0.15) is 5.56 Å². The largest absolute Gasteiger partial charge is 0.389 e. The molecule has 1 N–H and O–H groups in total. The van der Waals surface area contributed by atoms with Gasteiger partial charge in [-0.25, -0.2) is 9.67 Å². The second kappa shape index (κ2) is 7.65. The van der Waals surface area contributed by atoms with Crippen LogP contribution >= 0.6 is 11.6 Å². The summed E-state index contributed by atoms with van der Waals surface area (Å²) < 4.78 is 18.1. The molecule has 1 aromatic heterocycles. The molecule has 0 saturated carbocycles. The molecule has 0 radical (unpaired) electrons. The van der Waals surface area contributed by atoms with Gasteiger partial charge in [-0.2, -0.15) is 0 Å². The third-order valence-corrected chi connectivity index (χ3v) is 3.77. The summed E-state index contributed by atoms with van der Waals surface area (Å²) in [5.41, 5.74) is 0.871. The SMILES string of the molecule is C[S@@](=O)c1ncn(C[C@H](O)COCc2ccccc2Cl)n1. The van der Waals surface area contributed by atoms with Gasteiger partial charge in [0.15, 0.2) is 0 Å². The van der Waals surface area contributed by atoms with Crippen LogP contribution in [0, 0.1) is 0 Å². The lowest BCUT2D eigenvalue weighted by atomic mass is 10.2. The predicted molar refractivity (Wildman–Crippen MR) is 79.5 cm³/mol. The Balaban J connectivity index is 1.78. The first-order valence-electron chi connectivity index (χ1n) is 6.28. The highest BCUT2D eigenvalue weighted by Crippen LogP contribution is 2.15. The average molecular weight is 330 g/mol. The van der Waals surface area contributed by atoms with E-state index in [2.05, 4.69) is 10.1 Å². The number of aromatic nitrogens is 3. The first-order valence-corrected chi connectivity index (χ1v) is 8.22. The summed E-state index contributed by atoms with van der Waals surface area (Å²) in [7, 11) is -1.23. The maximum atomic E-state index is 11.2. The molecule has 2 atom stereocenters. The molecule has 0 fully saturated rings. The minimum atomic E-state index is -1.23. The van der Waals surface area contributed by atoms with Crippen LogP contribution in [-0.2, 0) is 28.7 Å². The molecule has 0 unspecified atom stereocenters. The van der Waals surface area contributed by atoms with Gasteiger partial charge in [0.05, 0.1) is 36.7 Å². The van der Waals surface area contributed by atoms with Crippen LogP contribution in [0.2, 0.25) is 5.02 Å². The lowest BCUT2D eigenvalue weighted by molar-refractivity contribution is 0.0185. The topological polar surface area (TPSA) is 77.2 Å². The fourth-order valence-electron chi connectivity index (χ4n) is 1.69. The van der Waals surface area contributed by atoms with Crippen LogP contribution in [0.4, 0.5) is 0 Å². The maximum absolute atomic E-state index is 11.2. The molecular weight excluding hydrogens is 314 g/mol. The van der Waals surface area contributed by atoms with Gasteiger partial charge in [0.1, 0.15) is 6.33 Å². The summed E-state index contributed by atoms with van der Waals surface area (Å²) in [5.74, 6) is 0. The van der Waals surface area contributed by atoms with E-state index in [0.29, 0.717) is 11.6 Å². The Morgan fingerprint density at radius 1 is 1.48 bits per heavy atom. The lowest BCUT2D eigenvalue weighted by Crippen LogP contribution is -2.22. The van der Waals surface area contributed by atoms with Crippen molar-refractivity contribution in [1.82, 2.24) is 14.8 Å². The molecule has 0 aliphatic heterocycles. The van der Waals surface area contributed by atoms with Crippen molar-refractivity contribution in [1.29, 1.82) is 0 Å². The Bertz CT molecular complexity index is 620. The van der Waals surface area contributed by atoms with Crippen molar-refractivity contribution in [3.8, 4) is 0 Å². The molecule has 0 aliphatic carbocycles. The van der Waals surface area contributed by atoms with Crippen molar-refractivity contribution in [2.24, 2.45) is 0 Å². The van der Waals surface area contributed by atoms with E-state index in [4.69, 9.17) is 16.3 Å². The molecule has 8 heteroatoms. The van der Waals surface area contributed by atoms with Crippen LogP contribution < -0.4 is 0 Å². The van der Waals surface area contributed by atoms with E-state index in [1.165, 1.54) is 17.3 Å². The highest BCUT2D eigenvalue weighted by atomic mass is 35.5. The Kier molecular flexibility index (Phi) is 5.86. The predicted octanol–water partition coefficient (Wildman–Crippen LogP) is 1.25. The van der Waals surface area contributed by atoms with E-state index < -0.39 is 16.9 Å². The molecule has 1 heterocycles. The number of nitrogens with zero attached hydrogens (tertiary/aromatic N) is 3. The van der Waals surface area contributed by atoms with Gasteiger partial charge in [0.2, 0.25) is 5.16 Å². The summed E-state index contributed by atoms with van der Waals surface area (Å²) in [4.78, 5) is 3.89. The molecule has 21 heavy (non-hydrogen) atoms. The van der Waals surface area contributed by atoms with E-state index in [9.17, 15) is 9.32 Å². The van der Waals surface area contributed by atoms with Crippen LogP contribution in [0.5, 0.6) is 0 Å². The van der Waals surface area contributed by atoms with E-state index in [0.717, 1.165) is 5.56 Å². The molecule has 0 spiro atoms. The normalized spacial score (nSPS) is 14.0. The zero-order valence-corrected chi connectivity index (χ0v) is 13.0.